The fourth-order valence-corrected chi connectivity index (χ4v) is 3.64. The lowest BCUT2D eigenvalue weighted by Crippen LogP contribution is -2.30. The highest BCUT2D eigenvalue weighted by Crippen LogP contribution is 2.19. The molecule has 1 aromatic heterocycles. The summed E-state index contributed by atoms with van der Waals surface area (Å²) < 4.78 is 26.9. The number of rotatable bonds is 6. The molecule has 0 spiro atoms. The summed E-state index contributed by atoms with van der Waals surface area (Å²) >= 11 is 0. The molecule has 0 amide bonds. The minimum atomic E-state index is -3.10. The van der Waals surface area contributed by atoms with E-state index in [1.165, 1.54) is 17.4 Å². The van der Waals surface area contributed by atoms with Crippen LogP contribution in [0.4, 0.5) is 0 Å². The van der Waals surface area contributed by atoms with Crippen molar-refractivity contribution >= 4 is 10.0 Å². The first-order valence-corrected chi connectivity index (χ1v) is 10.1. The van der Waals surface area contributed by atoms with Crippen LogP contribution in [0.25, 0.3) is 5.69 Å². The molecule has 24 heavy (non-hydrogen) atoms. The van der Waals surface area contributed by atoms with Gasteiger partial charge in [0, 0.05) is 31.4 Å². The van der Waals surface area contributed by atoms with Crippen LogP contribution in [0.15, 0.2) is 36.7 Å². The van der Waals surface area contributed by atoms with Gasteiger partial charge in [-0.1, -0.05) is 12.1 Å². The zero-order valence-electron chi connectivity index (χ0n) is 14.1. The number of nitrogens with one attached hydrogen (secondary N) is 1. The van der Waals surface area contributed by atoms with Gasteiger partial charge in [-0.2, -0.15) is 5.10 Å². The average Bonchev–Trinajstić information content (AvgIpc) is 3.14. The summed E-state index contributed by atoms with van der Waals surface area (Å²) in [6, 6.07) is 8.26. The van der Waals surface area contributed by atoms with Gasteiger partial charge in [-0.3, -0.25) is 4.90 Å². The highest BCUT2D eigenvalue weighted by molar-refractivity contribution is 7.88. The summed E-state index contributed by atoms with van der Waals surface area (Å²) in [6.45, 7) is 5.35. The smallest absolute Gasteiger partial charge is 0.208 e. The molecule has 0 radical (unpaired) electrons. The first-order valence-electron chi connectivity index (χ1n) is 8.16. The molecular weight excluding hydrogens is 324 g/mol. The van der Waals surface area contributed by atoms with Crippen molar-refractivity contribution in [3.8, 4) is 5.69 Å². The Morgan fingerprint density at radius 3 is 2.96 bits per heavy atom. The maximum Gasteiger partial charge on any atom is 0.208 e. The van der Waals surface area contributed by atoms with Crippen molar-refractivity contribution in [2.75, 3.05) is 25.9 Å². The van der Waals surface area contributed by atoms with E-state index in [0.29, 0.717) is 12.5 Å². The van der Waals surface area contributed by atoms with E-state index in [4.69, 9.17) is 0 Å². The first kappa shape index (κ1) is 17.1. The van der Waals surface area contributed by atoms with Crippen molar-refractivity contribution in [3.63, 3.8) is 0 Å². The largest absolute Gasteiger partial charge is 0.299 e. The number of benzene rings is 1. The zero-order chi connectivity index (χ0) is 17.2. The number of aromatic nitrogens is 2. The summed E-state index contributed by atoms with van der Waals surface area (Å²) in [6.07, 6.45) is 6.20. The van der Waals surface area contributed by atoms with Crippen LogP contribution in [0.1, 0.15) is 17.5 Å². The summed E-state index contributed by atoms with van der Waals surface area (Å²) in [7, 11) is -3.10. The van der Waals surface area contributed by atoms with Crippen molar-refractivity contribution in [3.05, 3.63) is 47.8 Å². The summed E-state index contributed by atoms with van der Waals surface area (Å²) in [5.41, 5.74) is 3.46. The molecule has 1 aliphatic heterocycles. The highest BCUT2D eigenvalue weighted by atomic mass is 32.2. The van der Waals surface area contributed by atoms with E-state index < -0.39 is 10.0 Å². The van der Waals surface area contributed by atoms with Gasteiger partial charge in [-0.15, -0.1) is 0 Å². The van der Waals surface area contributed by atoms with Gasteiger partial charge < -0.3 is 0 Å². The molecule has 1 aliphatic rings. The van der Waals surface area contributed by atoms with Gasteiger partial charge in [0.2, 0.25) is 10.0 Å². The molecule has 6 nitrogen and oxygen atoms in total. The van der Waals surface area contributed by atoms with Crippen LogP contribution in [0, 0.1) is 12.8 Å². The SMILES string of the molecule is Cc1cccc(-n2cc(CN3CCC(CNS(C)(=O)=O)C3)cn2)c1. The van der Waals surface area contributed by atoms with Crippen molar-refractivity contribution < 1.29 is 8.42 Å². The summed E-state index contributed by atoms with van der Waals surface area (Å²) in [5, 5.41) is 4.46. The lowest BCUT2D eigenvalue weighted by atomic mass is 10.1. The molecule has 0 aliphatic carbocycles. The molecule has 130 valence electrons. The number of sulfonamides is 1. The van der Waals surface area contributed by atoms with Crippen LogP contribution >= 0.6 is 0 Å². The number of hydrogen-bond donors (Lipinski definition) is 1. The third kappa shape index (κ3) is 4.66. The molecule has 1 saturated heterocycles. The fourth-order valence-electron chi connectivity index (χ4n) is 3.10. The van der Waals surface area contributed by atoms with Gasteiger partial charge in [0.25, 0.3) is 0 Å². The maximum absolute atomic E-state index is 11.2. The minimum Gasteiger partial charge on any atom is -0.299 e. The second-order valence-electron chi connectivity index (χ2n) is 6.64. The molecule has 2 heterocycles. The van der Waals surface area contributed by atoms with E-state index >= 15 is 0 Å². The van der Waals surface area contributed by atoms with Gasteiger partial charge in [-0.05, 0) is 43.5 Å². The van der Waals surface area contributed by atoms with E-state index in [1.807, 2.05) is 23.0 Å². The molecule has 2 aromatic rings. The topological polar surface area (TPSA) is 67.2 Å². The molecule has 1 fully saturated rings. The third-order valence-corrected chi connectivity index (χ3v) is 5.00. The second kappa shape index (κ2) is 7.04. The zero-order valence-corrected chi connectivity index (χ0v) is 15.0. The third-order valence-electron chi connectivity index (χ3n) is 4.31. The first-order chi connectivity index (χ1) is 11.4. The Morgan fingerprint density at radius 2 is 2.21 bits per heavy atom. The van der Waals surface area contributed by atoms with Crippen molar-refractivity contribution in [1.82, 2.24) is 19.4 Å². The Hall–Kier alpha value is -1.70. The van der Waals surface area contributed by atoms with Gasteiger partial charge in [0.1, 0.15) is 0 Å². The molecule has 3 rings (SSSR count). The maximum atomic E-state index is 11.2. The summed E-state index contributed by atoms with van der Waals surface area (Å²) in [5.74, 6) is 0.381. The van der Waals surface area contributed by atoms with Crippen molar-refractivity contribution in [2.24, 2.45) is 5.92 Å². The van der Waals surface area contributed by atoms with Crippen LogP contribution in [-0.4, -0.2) is 49.0 Å². The number of aryl methyl sites for hydroxylation is 1. The molecule has 1 N–H and O–H groups in total. The minimum absolute atomic E-state index is 0.381. The quantitative estimate of drug-likeness (QED) is 0.860. The Labute approximate surface area is 143 Å². The molecule has 0 bridgehead atoms. The molecular formula is C17H24N4O2S. The van der Waals surface area contributed by atoms with Crippen molar-refractivity contribution in [1.29, 1.82) is 0 Å². The lowest BCUT2D eigenvalue weighted by Gasteiger charge is -2.15. The molecule has 1 aromatic carbocycles. The predicted octanol–water partition coefficient (Wildman–Crippen LogP) is 1.55. The fraction of sp³-hybridized carbons (Fsp3) is 0.471. The average molecular weight is 348 g/mol. The van der Waals surface area contributed by atoms with Gasteiger partial charge in [0.05, 0.1) is 18.1 Å². The van der Waals surface area contributed by atoms with Gasteiger partial charge in [-0.25, -0.2) is 17.8 Å². The number of likely N-dealkylation sites (tertiary alicyclic amines) is 1. The number of hydrogen-bond acceptors (Lipinski definition) is 4. The molecule has 1 atom stereocenters. The highest BCUT2D eigenvalue weighted by Gasteiger charge is 2.23. The Kier molecular flexibility index (Phi) is 5.03. The predicted molar refractivity (Wildman–Crippen MR) is 94.5 cm³/mol. The van der Waals surface area contributed by atoms with E-state index in [2.05, 4.69) is 40.0 Å². The van der Waals surface area contributed by atoms with Gasteiger partial charge >= 0.3 is 0 Å². The van der Waals surface area contributed by atoms with Crippen LogP contribution in [0.3, 0.4) is 0 Å². The lowest BCUT2D eigenvalue weighted by molar-refractivity contribution is 0.316. The van der Waals surface area contributed by atoms with Crippen molar-refractivity contribution in [2.45, 2.75) is 19.9 Å². The Balaban J connectivity index is 1.56. The molecule has 1 unspecified atom stereocenters. The van der Waals surface area contributed by atoms with E-state index in [0.717, 1.165) is 31.7 Å². The summed E-state index contributed by atoms with van der Waals surface area (Å²) in [4.78, 5) is 2.35. The van der Waals surface area contributed by atoms with E-state index in [9.17, 15) is 8.42 Å². The Morgan fingerprint density at radius 1 is 1.38 bits per heavy atom. The van der Waals surface area contributed by atoms with Gasteiger partial charge in [0.15, 0.2) is 0 Å². The molecule has 7 heteroatoms. The molecule has 0 saturated carbocycles. The Bertz CT molecular complexity index is 800. The van der Waals surface area contributed by atoms with Crippen LogP contribution in [0.2, 0.25) is 0 Å². The monoisotopic (exact) mass is 348 g/mol. The van der Waals surface area contributed by atoms with Crippen LogP contribution < -0.4 is 4.72 Å². The van der Waals surface area contributed by atoms with Crippen LogP contribution in [0.5, 0.6) is 0 Å². The van der Waals surface area contributed by atoms with E-state index in [-0.39, 0.29) is 0 Å². The van der Waals surface area contributed by atoms with Crippen LogP contribution in [-0.2, 0) is 16.6 Å². The standard InChI is InChI=1S/C17H24N4O2S/c1-14-4-3-5-17(8-14)21-13-16(9-18-21)12-20-7-6-15(11-20)10-19-24(2,22)23/h3-5,8-9,13,15,19H,6-7,10-12H2,1-2H3. The number of nitrogens with zero attached hydrogens (tertiary/aromatic N) is 3. The second-order valence-corrected chi connectivity index (χ2v) is 8.48. The van der Waals surface area contributed by atoms with E-state index in [1.54, 1.807) is 0 Å². The normalized spacial score (nSPS) is 19.0.